The Hall–Kier alpha value is -1.70. The predicted octanol–water partition coefficient (Wildman–Crippen LogP) is 6.04. The second-order valence-electron chi connectivity index (χ2n) is 10.2. The number of carbonyl (C=O) groups excluding carboxylic acids is 1. The molecule has 0 aromatic heterocycles. The van der Waals surface area contributed by atoms with Crippen LogP contribution in [0.25, 0.3) is 0 Å². The summed E-state index contributed by atoms with van der Waals surface area (Å²) in [6.45, 7) is 9.63. The van der Waals surface area contributed by atoms with Crippen molar-refractivity contribution in [3.05, 3.63) is 69.7 Å². The highest BCUT2D eigenvalue weighted by atomic mass is 35.5. The van der Waals surface area contributed by atoms with Crippen LogP contribution in [0.1, 0.15) is 44.4 Å². The van der Waals surface area contributed by atoms with E-state index in [0.717, 1.165) is 11.1 Å². The molecular formula is C26H33Cl2NO4Si. The molecule has 0 radical (unpaired) electrons. The number of Topliss-reactive ketones (excluding diaryl/α,β-unsaturated/α-hetero) is 1. The molecule has 34 heavy (non-hydrogen) atoms. The van der Waals surface area contributed by atoms with Gasteiger partial charge in [-0.2, -0.15) is 0 Å². The molecule has 0 bridgehead atoms. The maximum atomic E-state index is 13.1. The molecule has 3 rings (SSSR count). The Balaban J connectivity index is 2.10. The lowest BCUT2D eigenvalue weighted by Crippen LogP contribution is -2.65. The lowest BCUT2D eigenvalue weighted by atomic mass is 9.71. The van der Waals surface area contributed by atoms with Crippen LogP contribution in [-0.4, -0.2) is 47.5 Å². The molecule has 1 saturated heterocycles. The number of aliphatic carboxylic acids is 1. The van der Waals surface area contributed by atoms with Gasteiger partial charge < -0.3 is 9.90 Å². The van der Waals surface area contributed by atoms with E-state index in [1.54, 1.807) is 24.3 Å². The second kappa shape index (κ2) is 10.1. The van der Waals surface area contributed by atoms with Gasteiger partial charge in [-0.3, -0.25) is 14.5 Å². The van der Waals surface area contributed by atoms with Gasteiger partial charge in [0.1, 0.15) is 0 Å². The lowest BCUT2D eigenvalue weighted by molar-refractivity contribution is -0.160. The first-order valence-corrected chi connectivity index (χ1v) is 15.2. The second-order valence-corrected chi connectivity index (χ2v) is 15.5. The van der Waals surface area contributed by atoms with Gasteiger partial charge in [-0.1, -0.05) is 74.7 Å². The van der Waals surface area contributed by atoms with Crippen LogP contribution in [-0.2, 0) is 9.59 Å². The molecule has 2 aromatic carbocycles. The molecule has 184 valence electrons. The van der Waals surface area contributed by atoms with Gasteiger partial charge in [0, 0.05) is 10.0 Å². The Morgan fingerprint density at radius 3 is 1.82 bits per heavy atom. The van der Waals surface area contributed by atoms with Crippen molar-refractivity contribution in [3.8, 4) is 0 Å². The van der Waals surface area contributed by atoms with Crippen molar-refractivity contribution in [1.29, 1.82) is 0 Å². The summed E-state index contributed by atoms with van der Waals surface area (Å²) in [6, 6.07) is 13.7. The van der Waals surface area contributed by atoms with Gasteiger partial charge in [-0.15, -0.1) is 0 Å². The Bertz CT molecular complexity index is 989. The molecule has 0 aliphatic carbocycles. The highest BCUT2D eigenvalue weighted by Gasteiger charge is 2.56. The van der Waals surface area contributed by atoms with Crippen LogP contribution in [0.2, 0.25) is 28.2 Å². The quantitative estimate of drug-likeness (QED) is 0.393. The number of carbonyl (C=O) groups is 2. The molecule has 2 unspecified atom stereocenters. The summed E-state index contributed by atoms with van der Waals surface area (Å²) in [5.74, 6) is -2.41. The van der Waals surface area contributed by atoms with Gasteiger partial charge in [-0.25, -0.2) is 0 Å². The van der Waals surface area contributed by atoms with Gasteiger partial charge in [0.2, 0.25) is 0 Å². The van der Waals surface area contributed by atoms with Crippen LogP contribution in [0.5, 0.6) is 0 Å². The molecule has 0 amide bonds. The van der Waals surface area contributed by atoms with Crippen LogP contribution >= 0.6 is 23.2 Å². The van der Waals surface area contributed by atoms with E-state index >= 15 is 0 Å². The third-order valence-electron chi connectivity index (χ3n) is 7.73. The van der Waals surface area contributed by atoms with Gasteiger partial charge in [0.25, 0.3) is 0 Å². The standard InChI is InChI=1S/C26H33Cl2NO4Si/c1-6-20(26(2,3)34(4,5)33)22(25(31)32)24-21(30)15-29(24)23(16-7-11-18(27)12-8-16)17-9-13-19(28)14-10-17/h7-14,20,22-24,33H,6,15H2,1-5H3,(H,31,32)/t20-,22?,24?/m0/s1. The van der Waals surface area contributed by atoms with Crippen LogP contribution < -0.4 is 0 Å². The van der Waals surface area contributed by atoms with E-state index < -0.39 is 31.3 Å². The predicted molar refractivity (Wildman–Crippen MR) is 139 cm³/mol. The number of hydrogen-bond donors (Lipinski definition) is 2. The zero-order chi connectivity index (χ0) is 25.4. The van der Waals surface area contributed by atoms with Crippen molar-refractivity contribution in [2.75, 3.05) is 6.54 Å². The Kier molecular flexibility index (Phi) is 8.00. The summed E-state index contributed by atoms with van der Waals surface area (Å²) < 4.78 is 0. The van der Waals surface area contributed by atoms with Crippen molar-refractivity contribution in [1.82, 2.24) is 4.90 Å². The largest absolute Gasteiger partial charge is 0.481 e. The molecule has 2 N–H and O–H groups in total. The van der Waals surface area contributed by atoms with E-state index in [2.05, 4.69) is 0 Å². The number of hydrogen-bond acceptors (Lipinski definition) is 4. The van der Waals surface area contributed by atoms with E-state index in [1.807, 2.05) is 63.0 Å². The Morgan fingerprint density at radius 1 is 1.06 bits per heavy atom. The minimum atomic E-state index is -2.75. The Labute approximate surface area is 212 Å². The third-order valence-corrected chi connectivity index (χ3v) is 11.8. The van der Waals surface area contributed by atoms with E-state index in [9.17, 15) is 19.5 Å². The van der Waals surface area contributed by atoms with Crippen molar-refractivity contribution in [2.24, 2.45) is 11.8 Å². The first kappa shape index (κ1) is 26.9. The average molecular weight is 523 g/mol. The third kappa shape index (κ3) is 5.12. The smallest absolute Gasteiger partial charge is 0.308 e. The highest BCUT2D eigenvalue weighted by molar-refractivity contribution is 6.73. The van der Waals surface area contributed by atoms with Crippen molar-refractivity contribution in [2.45, 2.75) is 57.4 Å². The number of carboxylic acid groups (broad SMARTS) is 1. The maximum absolute atomic E-state index is 13.1. The van der Waals surface area contributed by atoms with Crippen LogP contribution in [0.3, 0.4) is 0 Å². The fraction of sp³-hybridized carbons (Fsp3) is 0.462. The molecule has 1 fully saturated rings. The first-order valence-electron chi connectivity index (χ1n) is 11.5. The summed E-state index contributed by atoms with van der Waals surface area (Å²) in [7, 11) is -2.75. The normalized spacial score (nSPS) is 19.1. The minimum Gasteiger partial charge on any atom is -0.481 e. The van der Waals surface area contributed by atoms with E-state index in [0.29, 0.717) is 16.5 Å². The summed E-state index contributed by atoms with van der Waals surface area (Å²) in [5.41, 5.74) is 1.83. The van der Waals surface area contributed by atoms with E-state index in [4.69, 9.17) is 23.2 Å². The number of rotatable bonds is 9. The van der Waals surface area contributed by atoms with E-state index in [1.165, 1.54) is 0 Å². The molecule has 1 aliphatic heterocycles. The van der Waals surface area contributed by atoms with Crippen molar-refractivity contribution in [3.63, 3.8) is 0 Å². The maximum Gasteiger partial charge on any atom is 0.308 e. The van der Waals surface area contributed by atoms with Gasteiger partial charge in [0.15, 0.2) is 14.1 Å². The number of carboxylic acids is 1. The average Bonchev–Trinajstić information content (AvgIpc) is 2.74. The molecule has 2 aromatic rings. The SMILES string of the molecule is CC[C@@H](C(C(=O)O)C1C(=O)CN1C(c1ccc(Cl)cc1)c1ccc(Cl)cc1)C(C)(C)[Si](C)(C)O. The zero-order valence-electron chi connectivity index (χ0n) is 20.3. The van der Waals surface area contributed by atoms with Gasteiger partial charge in [-0.05, 0) is 59.4 Å². The zero-order valence-corrected chi connectivity index (χ0v) is 22.8. The Morgan fingerprint density at radius 2 is 1.50 bits per heavy atom. The molecule has 3 atom stereocenters. The van der Waals surface area contributed by atoms with Crippen LogP contribution in [0.15, 0.2) is 48.5 Å². The number of benzene rings is 2. The number of ketones is 1. The monoisotopic (exact) mass is 521 g/mol. The van der Waals surface area contributed by atoms with E-state index in [-0.39, 0.29) is 24.3 Å². The van der Waals surface area contributed by atoms with Gasteiger partial charge >= 0.3 is 5.97 Å². The molecule has 0 saturated carbocycles. The van der Waals surface area contributed by atoms with Crippen LogP contribution in [0, 0.1) is 11.8 Å². The minimum absolute atomic E-state index is 0.0908. The topological polar surface area (TPSA) is 77.8 Å². The summed E-state index contributed by atoms with van der Waals surface area (Å²) >= 11 is 12.2. The van der Waals surface area contributed by atoms with Crippen LogP contribution in [0.4, 0.5) is 0 Å². The number of halogens is 2. The van der Waals surface area contributed by atoms with Gasteiger partial charge in [0.05, 0.1) is 24.5 Å². The first-order chi connectivity index (χ1) is 15.8. The summed E-state index contributed by atoms with van der Waals surface area (Å²) in [6.07, 6.45) is 0.547. The van der Waals surface area contributed by atoms with Crippen molar-refractivity contribution < 1.29 is 19.5 Å². The molecule has 5 nitrogen and oxygen atoms in total. The fourth-order valence-electron chi connectivity index (χ4n) is 5.16. The molecule has 1 aliphatic rings. The number of nitrogens with zero attached hydrogens (tertiary/aromatic N) is 1. The molecule has 1 heterocycles. The highest BCUT2D eigenvalue weighted by Crippen LogP contribution is 2.51. The lowest BCUT2D eigenvalue weighted by Gasteiger charge is -2.52. The summed E-state index contributed by atoms with van der Waals surface area (Å²) in [5, 5.41) is 11.0. The molecule has 8 heteroatoms. The summed E-state index contributed by atoms with van der Waals surface area (Å²) in [4.78, 5) is 38.8. The number of likely N-dealkylation sites (tertiary alicyclic amines) is 1. The fourth-order valence-corrected chi connectivity index (χ4v) is 6.71. The van der Waals surface area contributed by atoms with Crippen molar-refractivity contribution >= 4 is 43.3 Å². The molecular weight excluding hydrogens is 489 g/mol. The molecule has 0 spiro atoms.